The monoisotopic (exact) mass is 500 g/mol. The number of aliphatic hydroxyl groups is 1. The molecule has 1 aromatic heterocycles. The summed E-state index contributed by atoms with van der Waals surface area (Å²) >= 11 is 1.65. The third-order valence-corrected chi connectivity index (χ3v) is 6.62. The third kappa shape index (κ3) is 5.34. The molecule has 2 fully saturated rings. The Morgan fingerprint density at radius 3 is 2.85 bits per heavy atom. The summed E-state index contributed by atoms with van der Waals surface area (Å²) < 4.78 is 1.21. The van der Waals surface area contributed by atoms with E-state index in [9.17, 15) is 5.11 Å². The Labute approximate surface area is 182 Å². The van der Waals surface area contributed by atoms with Crippen LogP contribution in [0.15, 0.2) is 35.3 Å². The van der Waals surface area contributed by atoms with Crippen molar-refractivity contribution in [1.82, 2.24) is 15.5 Å². The predicted octanol–water partition coefficient (Wildman–Crippen LogP) is 3.20. The highest BCUT2D eigenvalue weighted by molar-refractivity contribution is 14.0. The Kier molecular flexibility index (Phi) is 7.35. The lowest BCUT2D eigenvalue weighted by Crippen LogP contribution is -2.41. The second-order valence-corrected chi connectivity index (χ2v) is 8.53. The van der Waals surface area contributed by atoms with Crippen LogP contribution in [-0.4, -0.2) is 55.2 Å². The summed E-state index contributed by atoms with van der Waals surface area (Å²) in [5.41, 5.74) is 0. The number of rotatable bonds is 6. The molecule has 1 saturated carbocycles. The highest BCUT2D eigenvalue weighted by Crippen LogP contribution is 2.31. The van der Waals surface area contributed by atoms with Crippen molar-refractivity contribution in [3.05, 3.63) is 35.2 Å². The maximum atomic E-state index is 10.5. The van der Waals surface area contributed by atoms with E-state index >= 15 is 0 Å². The number of halogens is 1. The van der Waals surface area contributed by atoms with Crippen molar-refractivity contribution in [3.63, 3.8) is 0 Å². The van der Waals surface area contributed by atoms with Crippen LogP contribution in [0, 0.1) is 5.92 Å². The van der Waals surface area contributed by atoms with E-state index in [1.165, 1.54) is 42.4 Å². The summed E-state index contributed by atoms with van der Waals surface area (Å²) in [6.07, 6.45) is 3.52. The molecule has 1 aliphatic heterocycles. The number of benzene rings is 1. The molecule has 4 rings (SSSR count). The molecular formula is C20H29IN4OS. The molecule has 2 atom stereocenters. The van der Waals surface area contributed by atoms with Gasteiger partial charge in [-0.2, -0.15) is 0 Å². The smallest absolute Gasteiger partial charge is 0.191 e. The second kappa shape index (κ2) is 9.54. The lowest BCUT2D eigenvalue weighted by atomic mass is 10.1. The van der Waals surface area contributed by atoms with Gasteiger partial charge in [0.15, 0.2) is 5.96 Å². The Morgan fingerprint density at radius 2 is 2.11 bits per heavy atom. The highest BCUT2D eigenvalue weighted by Gasteiger charge is 2.34. The van der Waals surface area contributed by atoms with E-state index in [0.29, 0.717) is 12.5 Å². The summed E-state index contributed by atoms with van der Waals surface area (Å²) in [7, 11) is 1.78. The molecule has 5 nitrogen and oxygen atoms in total. The molecule has 1 aliphatic carbocycles. The Bertz CT molecular complexity index is 743. The van der Waals surface area contributed by atoms with Crippen LogP contribution in [0.25, 0.3) is 10.1 Å². The van der Waals surface area contributed by atoms with Crippen LogP contribution in [0.2, 0.25) is 0 Å². The number of aliphatic imine (C=N–C) groups is 1. The molecule has 0 radical (unpaired) electrons. The minimum atomic E-state index is -0.525. The Balaban J connectivity index is 0.00000210. The Hall–Kier alpha value is -0.900. The molecule has 148 valence electrons. The first kappa shape index (κ1) is 20.8. The first-order valence-corrected chi connectivity index (χ1v) is 10.4. The van der Waals surface area contributed by atoms with Crippen molar-refractivity contribution >= 4 is 51.4 Å². The van der Waals surface area contributed by atoms with Gasteiger partial charge in [-0.3, -0.25) is 4.99 Å². The van der Waals surface area contributed by atoms with Crippen LogP contribution >= 0.6 is 35.3 Å². The van der Waals surface area contributed by atoms with Crippen molar-refractivity contribution < 1.29 is 5.11 Å². The number of fused-ring (bicyclic) bond motifs is 1. The number of nitrogens with zero attached hydrogens (tertiary/aromatic N) is 2. The van der Waals surface area contributed by atoms with E-state index in [1.54, 1.807) is 18.4 Å². The molecule has 2 aliphatic rings. The topological polar surface area (TPSA) is 59.9 Å². The molecule has 2 aromatic rings. The molecule has 2 unspecified atom stereocenters. The maximum absolute atomic E-state index is 10.5. The number of nitrogens with one attached hydrogen (secondary N) is 2. The van der Waals surface area contributed by atoms with E-state index in [1.807, 2.05) is 12.1 Å². The first-order valence-electron chi connectivity index (χ1n) is 9.58. The maximum Gasteiger partial charge on any atom is 0.191 e. The molecular weight excluding hydrogens is 471 g/mol. The average Bonchev–Trinajstić information content (AvgIpc) is 3.24. The van der Waals surface area contributed by atoms with Crippen LogP contribution < -0.4 is 10.6 Å². The summed E-state index contributed by atoms with van der Waals surface area (Å²) in [6.45, 7) is 3.86. The van der Waals surface area contributed by atoms with Crippen molar-refractivity contribution in [2.24, 2.45) is 10.9 Å². The van der Waals surface area contributed by atoms with Gasteiger partial charge < -0.3 is 20.6 Å². The molecule has 3 N–H and O–H groups in total. The van der Waals surface area contributed by atoms with Crippen LogP contribution in [0.3, 0.4) is 0 Å². The fraction of sp³-hybridized carbons (Fsp3) is 0.550. The van der Waals surface area contributed by atoms with Crippen molar-refractivity contribution in [2.45, 2.75) is 31.4 Å². The van der Waals surface area contributed by atoms with Gasteiger partial charge in [0.05, 0.1) is 0 Å². The standard InChI is InChI=1S/C20H28N4OS.HI/c1-21-20(22-11-14-8-9-24(13-14)16-6-7-16)23-12-17(25)19-10-15-4-2-3-5-18(15)26-19;/h2-5,10,14,16-17,25H,6-9,11-13H2,1H3,(H2,21,22,23);1H. The molecule has 7 heteroatoms. The third-order valence-electron chi connectivity index (χ3n) is 5.40. The van der Waals surface area contributed by atoms with E-state index < -0.39 is 6.10 Å². The fourth-order valence-electron chi connectivity index (χ4n) is 3.72. The zero-order valence-corrected chi connectivity index (χ0v) is 18.9. The minimum absolute atomic E-state index is 0. The molecule has 0 bridgehead atoms. The van der Waals surface area contributed by atoms with Crippen molar-refractivity contribution in [3.8, 4) is 0 Å². The fourth-order valence-corrected chi connectivity index (χ4v) is 4.77. The lowest BCUT2D eigenvalue weighted by molar-refractivity contribution is 0.184. The minimum Gasteiger partial charge on any atom is -0.386 e. The van der Waals surface area contributed by atoms with E-state index in [0.717, 1.165) is 23.4 Å². The molecule has 0 amide bonds. The summed E-state index contributed by atoms with van der Waals surface area (Å²) in [5, 5.41) is 18.4. The van der Waals surface area contributed by atoms with Crippen LogP contribution in [-0.2, 0) is 0 Å². The number of thiophene rings is 1. The zero-order chi connectivity index (χ0) is 17.9. The number of aliphatic hydroxyl groups excluding tert-OH is 1. The van der Waals surface area contributed by atoms with E-state index in [-0.39, 0.29) is 24.0 Å². The van der Waals surface area contributed by atoms with Gasteiger partial charge in [0.1, 0.15) is 6.10 Å². The van der Waals surface area contributed by atoms with Gasteiger partial charge in [0.2, 0.25) is 0 Å². The lowest BCUT2D eigenvalue weighted by Gasteiger charge is -2.18. The van der Waals surface area contributed by atoms with Crippen LogP contribution in [0.5, 0.6) is 0 Å². The number of hydrogen-bond donors (Lipinski definition) is 3. The number of hydrogen-bond acceptors (Lipinski definition) is 4. The summed E-state index contributed by atoms with van der Waals surface area (Å²) in [4.78, 5) is 7.92. The van der Waals surface area contributed by atoms with E-state index in [2.05, 4.69) is 38.7 Å². The zero-order valence-electron chi connectivity index (χ0n) is 15.7. The Morgan fingerprint density at radius 1 is 1.30 bits per heavy atom. The van der Waals surface area contributed by atoms with Gasteiger partial charge in [-0.1, -0.05) is 18.2 Å². The van der Waals surface area contributed by atoms with Gasteiger partial charge in [-0.05, 0) is 49.2 Å². The molecule has 2 heterocycles. The van der Waals surface area contributed by atoms with Crippen LogP contribution in [0.4, 0.5) is 0 Å². The largest absolute Gasteiger partial charge is 0.386 e. The van der Waals surface area contributed by atoms with E-state index in [4.69, 9.17) is 0 Å². The molecule has 27 heavy (non-hydrogen) atoms. The molecule has 1 saturated heterocycles. The average molecular weight is 500 g/mol. The van der Waals surface area contributed by atoms with Gasteiger partial charge in [-0.25, -0.2) is 0 Å². The van der Waals surface area contributed by atoms with Gasteiger partial charge >= 0.3 is 0 Å². The number of guanidine groups is 1. The number of likely N-dealkylation sites (tertiary alicyclic amines) is 1. The van der Waals surface area contributed by atoms with Crippen molar-refractivity contribution in [2.75, 3.05) is 33.2 Å². The highest BCUT2D eigenvalue weighted by atomic mass is 127. The SMILES string of the molecule is CN=C(NCC1CCN(C2CC2)C1)NCC(O)c1cc2ccccc2s1.I. The summed E-state index contributed by atoms with van der Waals surface area (Å²) in [5.74, 6) is 1.47. The summed E-state index contributed by atoms with van der Waals surface area (Å²) in [6, 6.07) is 11.2. The molecule has 1 aromatic carbocycles. The normalized spacial score (nSPS) is 21.9. The second-order valence-electron chi connectivity index (χ2n) is 7.42. The first-order chi connectivity index (χ1) is 12.7. The molecule has 0 spiro atoms. The van der Waals surface area contributed by atoms with Crippen molar-refractivity contribution in [1.29, 1.82) is 0 Å². The predicted molar refractivity (Wildman–Crippen MR) is 124 cm³/mol. The van der Waals surface area contributed by atoms with Gasteiger partial charge in [-0.15, -0.1) is 35.3 Å². The van der Waals surface area contributed by atoms with Gasteiger partial charge in [0, 0.05) is 42.3 Å². The van der Waals surface area contributed by atoms with Crippen LogP contribution in [0.1, 0.15) is 30.2 Å². The van der Waals surface area contributed by atoms with Gasteiger partial charge in [0.25, 0.3) is 0 Å². The quantitative estimate of drug-likeness (QED) is 0.324.